The largest absolute Gasteiger partial charge is 0.496 e. The number of nitrogens with zero attached hydrogens (tertiary/aromatic N) is 3. The second kappa shape index (κ2) is 8.06. The molecule has 0 unspecified atom stereocenters. The molecule has 0 N–H and O–H groups in total. The van der Waals surface area contributed by atoms with Gasteiger partial charge in [-0.3, -0.25) is 20.2 Å². The van der Waals surface area contributed by atoms with Gasteiger partial charge in [-0.05, 0) is 29.8 Å². The first-order valence-corrected chi connectivity index (χ1v) is 8.22. The standard InChI is InChI=1S/C20H13N3O6/c1-28-19-7-5-16(23(26)27)11-18(19)20-8-6-17(29-20)10-14(12-21)13-3-2-4-15(9-13)22(24)25/h2-11H,1H3. The van der Waals surface area contributed by atoms with E-state index in [-0.39, 0.29) is 16.9 Å². The third-order valence-corrected chi connectivity index (χ3v) is 4.06. The second-order valence-corrected chi connectivity index (χ2v) is 5.82. The monoisotopic (exact) mass is 391 g/mol. The molecule has 0 aliphatic carbocycles. The first-order valence-electron chi connectivity index (χ1n) is 8.22. The molecule has 3 aromatic rings. The van der Waals surface area contributed by atoms with Gasteiger partial charge in [-0.2, -0.15) is 5.26 Å². The molecule has 9 heteroatoms. The van der Waals surface area contributed by atoms with Crippen molar-refractivity contribution < 1.29 is 19.0 Å². The fourth-order valence-electron chi connectivity index (χ4n) is 2.69. The van der Waals surface area contributed by atoms with Crippen molar-refractivity contribution in [1.82, 2.24) is 0 Å². The van der Waals surface area contributed by atoms with Gasteiger partial charge in [0.15, 0.2) is 0 Å². The fraction of sp³-hybridized carbons (Fsp3) is 0.0500. The lowest BCUT2D eigenvalue weighted by Crippen LogP contribution is -1.91. The fourth-order valence-corrected chi connectivity index (χ4v) is 2.69. The Hall–Kier alpha value is -4.45. The van der Waals surface area contributed by atoms with Crippen molar-refractivity contribution in [1.29, 1.82) is 5.26 Å². The van der Waals surface area contributed by atoms with Crippen LogP contribution in [0.4, 0.5) is 11.4 Å². The van der Waals surface area contributed by atoms with Gasteiger partial charge in [-0.15, -0.1) is 0 Å². The van der Waals surface area contributed by atoms with Gasteiger partial charge in [0, 0.05) is 24.3 Å². The highest BCUT2D eigenvalue weighted by atomic mass is 16.6. The number of methoxy groups -OCH3 is 1. The zero-order valence-electron chi connectivity index (χ0n) is 15.1. The smallest absolute Gasteiger partial charge is 0.270 e. The number of ether oxygens (including phenoxy) is 1. The number of nitriles is 1. The van der Waals surface area contributed by atoms with E-state index in [0.717, 1.165) is 0 Å². The van der Waals surface area contributed by atoms with E-state index in [2.05, 4.69) is 0 Å². The molecule has 2 aromatic carbocycles. The molecule has 29 heavy (non-hydrogen) atoms. The van der Waals surface area contributed by atoms with Gasteiger partial charge in [-0.1, -0.05) is 12.1 Å². The van der Waals surface area contributed by atoms with Crippen LogP contribution < -0.4 is 4.74 Å². The van der Waals surface area contributed by atoms with Crippen LogP contribution in [0.1, 0.15) is 11.3 Å². The van der Waals surface area contributed by atoms with Crippen molar-refractivity contribution in [2.45, 2.75) is 0 Å². The lowest BCUT2D eigenvalue weighted by atomic mass is 10.1. The van der Waals surface area contributed by atoms with Crippen molar-refractivity contribution >= 4 is 23.0 Å². The molecule has 0 aliphatic heterocycles. The average Bonchev–Trinajstić information content (AvgIpc) is 3.20. The molecule has 144 valence electrons. The van der Waals surface area contributed by atoms with Crippen LogP contribution in [0.15, 0.2) is 59.0 Å². The SMILES string of the molecule is COc1ccc([N+](=O)[O-])cc1-c1ccc(C=C(C#N)c2cccc([N+](=O)[O-])c2)o1. The summed E-state index contributed by atoms with van der Waals surface area (Å²) in [4.78, 5) is 20.9. The van der Waals surface area contributed by atoms with Crippen molar-refractivity contribution in [3.63, 3.8) is 0 Å². The molecule has 1 aromatic heterocycles. The Kier molecular flexibility index (Phi) is 5.37. The van der Waals surface area contributed by atoms with Crippen LogP contribution in [0.2, 0.25) is 0 Å². The molecule has 0 saturated carbocycles. The van der Waals surface area contributed by atoms with E-state index in [0.29, 0.717) is 28.4 Å². The third-order valence-electron chi connectivity index (χ3n) is 4.06. The van der Waals surface area contributed by atoms with Crippen molar-refractivity contribution in [3.8, 4) is 23.1 Å². The number of allylic oxidation sites excluding steroid dienone is 1. The summed E-state index contributed by atoms with van der Waals surface area (Å²) in [7, 11) is 1.44. The van der Waals surface area contributed by atoms with E-state index < -0.39 is 9.85 Å². The van der Waals surface area contributed by atoms with E-state index in [1.807, 2.05) is 6.07 Å². The summed E-state index contributed by atoms with van der Waals surface area (Å²) in [6, 6.07) is 15.0. The molecule has 0 aliphatic rings. The number of nitro groups is 2. The summed E-state index contributed by atoms with van der Waals surface area (Å²) in [5, 5.41) is 31.4. The van der Waals surface area contributed by atoms with Crippen LogP contribution in [0.3, 0.4) is 0 Å². The Bertz CT molecular complexity index is 1170. The lowest BCUT2D eigenvalue weighted by Gasteiger charge is -2.05. The minimum absolute atomic E-state index is 0.122. The first kappa shape index (κ1) is 19.3. The topological polar surface area (TPSA) is 132 Å². The molecule has 0 bridgehead atoms. The Morgan fingerprint density at radius 3 is 2.45 bits per heavy atom. The summed E-state index contributed by atoms with van der Waals surface area (Å²) >= 11 is 0. The Balaban J connectivity index is 2.01. The number of hydrogen-bond acceptors (Lipinski definition) is 7. The predicted molar refractivity (Wildman–Crippen MR) is 104 cm³/mol. The number of rotatable bonds is 6. The maximum absolute atomic E-state index is 11.0. The average molecular weight is 391 g/mol. The molecule has 0 fully saturated rings. The highest BCUT2D eigenvalue weighted by Gasteiger charge is 2.16. The predicted octanol–water partition coefficient (Wildman–Crippen LogP) is 4.84. The van der Waals surface area contributed by atoms with Gasteiger partial charge in [0.2, 0.25) is 0 Å². The summed E-state index contributed by atoms with van der Waals surface area (Å²) in [6.45, 7) is 0. The maximum Gasteiger partial charge on any atom is 0.270 e. The highest BCUT2D eigenvalue weighted by molar-refractivity contribution is 5.89. The summed E-state index contributed by atoms with van der Waals surface area (Å²) in [6.07, 6.45) is 1.44. The number of benzene rings is 2. The van der Waals surface area contributed by atoms with Crippen molar-refractivity contribution in [2.24, 2.45) is 0 Å². The zero-order valence-corrected chi connectivity index (χ0v) is 15.1. The summed E-state index contributed by atoms with van der Waals surface area (Å²) in [5.41, 5.74) is 0.664. The van der Waals surface area contributed by atoms with Gasteiger partial charge in [-0.25, -0.2) is 0 Å². The van der Waals surface area contributed by atoms with Crippen LogP contribution in [-0.4, -0.2) is 17.0 Å². The molecule has 9 nitrogen and oxygen atoms in total. The van der Waals surface area contributed by atoms with Crippen molar-refractivity contribution in [2.75, 3.05) is 7.11 Å². The number of nitro benzene ring substituents is 2. The van der Waals surface area contributed by atoms with Gasteiger partial charge in [0.25, 0.3) is 11.4 Å². The molecular weight excluding hydrogens is 378 g/mol. The normalized spacial score (nSPS) is 11.0. The highest BCUT2D eigenvalue weighted by Crippen LogP contribution is 2.35. The summed E-state index contributed by atoms with van der Waals surface area (Å²) < 4.78 is 11.0. The molecule has 0 radical (unpaired) electrons. The Morgan fingerprint density at radius 1 is 1.07 bits per heavy atom. The molecule has 1 heterocycles. The number of furan rings is 1. The maximum atomic E-state index is 11.0. The lowest BCUT2D eigenvalue weighted by molar-refractivity contribution is -0.385. The van der Waals surface area contributed by atoms with Gasteiger partial charge in [0.1, 0.15) is 17.3 Å². The third kappa shape index (κ3) is 4.12. The van der Waals surface area contributed by atoms with Crippen LogP contribution in [0, 0.1) is 31.6 Å². The Morgan fingerprint density at radius 2 is 1.79 bits per heavy atom. The van der Waals surface area contributed by atoms with Crippen LogP contribution in [0.5, 0.6) is 5.75 Å². The van der Waals surface area contributed by atoms with Crippen molar-refractivity contribution in [3.05, 3.63) is 86.1 Å². The van der Waals surface area contributed by atoms with E-state index in [9.17, 15) is 25.5 Å². The minimum atomic E-state index is -0.544. The first-order chi connectivity index (χ1) is 13.9. The second-order valence-electron chi connectivity index (χ2n) is 5.82. The molecular formula is C20H13N3O6. The molecule has 0 spiro atoms. The van der Waals surface area contributed by atoms with Gasteiger partial charge >= 0.3 is 0 Å². The van der Waals surface area contributed by atoms with E-state index in [1.165, 1.54) is 49.6 Å². The van der Waals surface area contributed by atoms with E-state index in [1.54, 1.807) is 18.2 Å². The number of hydrogen-bond donors (Lipinski definition) is 0. The quantitative estimate of drug-likeness (QED) is 0.333. The van der Waals surface area contributed by atoms with Gasteiger partial charge < -0.3 is 9.15 Å². The molecule has 0 atom stereocenters. The van der Waals surface area contributed by atoms with Crippen LogP contribution in [0.25, 0.3) is 23.0 Å². The Labute approximate surface area is 164 Å². The molecule has 3 rings (SSSR count). The zero-order chi connectivity index (χ0) is 21.0. The molecule has 0 amide bonds. The number of non-ortho nitro benzene ring substituents is 2. The molecule has 0 saturated heterocycles. The van der Waals surface area contributed by atoms with E-state index in [4.69, 9.17) is 9.15 Å². The van der Waals surface area contributed by atoms with E-state index >= 15 is 0 Å². The summed E-state index contributed by atoms with van der Waals surface area (Å²) in [5.74, 6) is 1.00. The minimum Gasteiger partial charge on any atom is -0.496 e. The van der Waals surface area contributed by atoms with Gasteiger partial charge in [0.05, 0.1) is 34.2 Å². The van der Waals surface area contributed by atoms with Crippen LogP contribution >= 0.6 is 0 Å². The van der Waals surface area contributed by atoms with Crippen LogP contribution in [-0.2, 0) is 0 Å².